The fourth-order valence-corrected chi connectivity index (χ4v) is 6.53. The summed E-state index contributed by atoms with van der Waals surface area (Å²) in [6, 6.07) is 7.18. The Kier molecular flexibility index (Phi) is 8.63. The van der Waals surface area contributed by atoms with Crippen molar-refractivity contribution in [2.45, 2.75) is 78.1 Å². The van der Waals surface area contributed by atoms with Crippen LogP contribution in [0.1, 0.15) is 76.3 Å². The van der Waals surface area contributed by atoms with Crippen molar-refractivity contribution in [2.24, 2.45) is 0 Å². The summed E-state index contributed by atoms with van der Waals surface area (Å²) >= 11 is 5.73. The first-order valence-electron chi connectivity index (χ1n) is 10.5. The maximum Gasteiger partial charge on any atom is 0.0529 e. The summed E-state index contributed by atoms with van der Waals surface area (Å²) in [6.45, 7) is 4.56. The maximum atomic E-state index is 2.44. The molecular formula is C24H32S3. The van der Waals surface area contributed by atoms with Gasteiger partial charge in [-0.15, -0.1) is 34.0 Å². The molecule has 0 saturated carbocycles. The van der Waals surface area contributed by atoms with E-state index in [1.807, 2.05) is 34.0 Å². The van der Waals surface area contributed by atoms with Crippen molar-refractivity contribution in [3.05, 3.63) is 45.5 Å². The van der Waals surface area contributed by atoms with E-state index in [-0.39, 0.29) is 0 Å². The molecule has 0 radical (unpaired) electrons. The number of rotatable bonds is 12. The normalized spacial score (nSPS) is 11.3. The van der Waals surface area contributed by atoms with Crippen molar-refractivity contribution >= 4 is 34.0 Å². The Balaban J connectivity index is 1.64. The summed E-state index contributed by atoms with van der Waals surface area (Å²) in [5.41, 5.74) is 4.48. The van der Waals surface area contributed by atoms with Crippen molar-refractivity contribution < 1.29 is 0 Å². The van der Waals surface area contributed by atoms with Gasteiger partial charge in [0.25, 0.3) is 0 Å². The molecular weight excluding hydrogens is 384 g/mol. The average molecular weight is 417 g/mol. The number of hydrogen-bond donors (Lipinski definition) is 0. The average Bonchev–Trinajstić information content (AvgIpc) is 3.42. The van der Waals surface area contributed by atoms with Crippen LogP contribution in [-0.2, 0) is 12.8 Å². The summed E-state index contributed by atoms with van der Waals surface area (Å²) in [7, 11) is 0. The van der Waals surface area contributed by atoms with Gasteiger partial charge in [0.05, 0.1) is 4.88 Å². The minimum atomic E-state index is 1.23. The van der Waals surface area contributed by atoms with E-state index < -0.39 is 0 Å². The minimum Gasteiger partial charge on any atom is -0.143 e. The molecule has 3 rings (SSSR count). The van der Waals surface area contributed by atoms with E-state index in [0.717, 1.165) is 0 Å². The van der Waals surface area contributed by atoms with Gasteiger partial charge in [0.1, 0.15) is 0 Å². The highest BCUT2D eigenvalue weighted by molar-refractivity contribution is 7.21. The summed E-state index contributed by atoms with van der Waals surface area (Å²) in [6.07, 6.45) is 13.2. The molecule has 3 heterocycles. The Hall–Kier alpha value is -0.900. The van der Waals surface area contributed by atoms with Crippen molar-refractivity contribution in [1.82, 2.24) is 0 Å². The molecule has 3 heteroatoms. The Bertz CT molecular complexity index is 725. The second-order valence-corrected chi connectivity index (χ2v) is 10.2. The molecule has 0 spiro atoms. The van der Waals surface area contributed by atoms with Gasteiger partial charge in [-0.2, -0.15) is 0 Å². The van der Waals surface area contributed by atoms with Gasteiger partial charge in [-0.05, 0) is 71.1 Å². The Morgan fingerprint density at radius 2 is 1.26 bits per heavy atom. The lowest BCUT2D eigenvalue weighted by Gasteiger charge is -2.00. The molecule has 0 unspecified atom stereocenters. The molecule has 146 valence electrons. The first kappa shape index (κ1) is 20.8. The molecule has 0 N–H and O–H groups in total. The van der Waals surface area contributed by atoms with E-state index in [1.54, 1.807) is 0 Å². The van der Waals surface area contributed by atoms with E-state index in [4.69, 9.17) is 0 Å². The fraction of sp³-hybridized carbons (Fsp3) is 0.500. The predicted octanol–water partition coefficient (Wildman–Crippen LogP) is 9.45. The molecule has 0 aromatic carbocycles. The van der Waals surface area contributed by atoms with Crippen LogP contribution in [0, 0.1) is 0 Å². The van der Waals surface area contributed by atoms with E-state index in [1.165, 1.54) is 95.5 Å². The lowest BCUT2D eigenvalue weighted by Crippen LogP contribution is -1.82. The first-order chi connectivity index (χ1) is 13.3. The van der Waals surface area contributed by atoms with Gasteiger partial charge in [-0.1, -0.05) is 52.4 Å². The number of aryl methyl sites for hydroxylation is 2. The second kappa shape index (κ2) is 11.2. The third-order valence-corrected chi connectivity index (χ3v) is 8.19. The maximum absolute atomic E-state index is 2.44. The SMILES string of the molecule is CCCCCCc1csc(-c2ccsc2-c2cc(CCCCCC)cs2)c1. The van der Waals surface area contributed by atoms with Crippen molar-refractivity contribution in [2.75, 3.05) is 0 Å². The third-order valence-electron chi connectivity index (χ3n) is 5.10. The van der Waals surface area contributed by atoms with Gasteiger partial charge >= 0.3 is 0 Å². The van der Waals surface area contributed by atoms with E-state index in [0.29, 0.717) is 0 Å². The molecule has 0 saturated heterocycles. The zero-order chi connectivity index (χ0) is 18.9. The highest BCUT2D eigenvalue weighted by Crippen LogP contribution is 2.42. The molecule has 3 aromatic rings. The highest BCUT2D eigenvalue weighted by atomic mass is 32.1. The van der Waals surface area contributed by atoms with Gasteiger partial charge in [0.15, 0.2) is 0 Å². The number of hydrogen-bond acceptors (Lipinski definition) is 3. The van der Waals surface area contributed by atoms with Crippen molar-refractivity contribution in [3.63, 3.8) is 0 Å². The van der Waals surface area contributed by atoms with Crippen LogP contribution in [0.3, 0.4) is 0 Å². The molecule has 0 nitrogen and oxygen atoms in total. The number of unbranched alkanes of at least 4 members (excludes halogenated alkanes) is 6. The lowest BCUT2D eigenvalue weighted by molar-refractivity contribution is 0.667. The molecule has 0 aliphatic carbocycles. The van der Waals surface area contributed by atoms with Gasteiger partial charge in [-0.25, -0.2) is 0 Å². The molecule has 0 atom stereocenters. The smallest absolute Gasteiger partial charge is 0.0529 e. The van der Waals surface area contributed by atoms with E-state index >= 15 is 0 Å². The second-order valence-electron chi connectivity index (χ2n) is 7.42. The predicted molar refractivity (Wildman–Crippen MR) is 127 cm³/mol. The van der Waals surface area contributed by atoms with Crippen molar-refractivity contribution in [1.29, 1.82) is 0 Å². The molecule has 0 fully saturated rings. The van der Waals surface area contributed by atoms with Gasteiger partial charge < -0.3 is 0 Å². The van der Waals surface area contributed by atoms with E-state index in [2.05, 4.69) is 48.2 Å². The Morgan fingerprint density at radius 1 is 0.667 bits per heavy atom. The Morgan fingerprint density at radius 3 is 1.89 bits per heavy atom. The molecule has 0 bridgehead atoms. The molecule has 3 aromatic heterocycles. The van der Waals surface area contributed by atoms with E-state index in [9.17, 15) is 0 Å². The van der Waals surface area contributed by atoms with Gasteiger partial charge in [0, 0.05) is 15.3 Å². The molecule has 0 aliphatic heterocycles. The zero-order valence-electron chi connectivity index (χ0n) is 16.8. The number of thiophene rings is 3. The fourth-order valence-electron chi connectivity index (χ4n) is 3.48. The van der Waals surface area contributed by atoms with Gasteiger partial charge in [0.2, 0.25) is 0 Å². The van der Waals surface area contributed by atoms with Gasteiger partial charge in [-0.3, -0.25) is 0 Å². The van der Waals surface area contributed by atoms with Crippen LogP contribution >= 0.6 is 34.0 Å². The minimum absolute atomic E-state index is 1.23. The molecule has 0 aliphatic rings. The first-order valence-corrected chi connectivity index (χ1v) is 13.2. The highest BCUT2D eigenvalue weighted by Gasteiger charge is 2.13. The van der Waals surface area contributed by atoms with Crippen LogP contribution in [0.15, 0.2) is 34.3 Å². The van der Waals surface area contributed by atoms with Crippen LogP contribution < -0.4 is 0 Å². The monoisotopic (exact) mass is 416 g/mol. The zero-order valence-corrected chi connectivity index (χ0v) is 19.2. The summed E-state index contributed by atoms with van der Waals surface area (Å²) in [4.78, 5) is 4.34. The van der Waals surface area contributed by atoms with Crippen LogP contribution in [0.25, 0.3) is 20.2 Å². The summed E-state index contributed by atoms with van der Waals surface area (Å²) in [5.74, 6) is 0. The third kappa shape index (κ3) is 6.04. The van der Waals surface area contributed by atoms with Crippen LogP contribution in [0.2, 0.25) is 0 Å². The van der Waals surface area contributed by atoms with Crippen LogP contribution in [0.4, 0.5) is 0 Å². The topological polar surface area (TPSA) is 0 Å². The summed E-state index contributed by atoms with van der Waals surface area (Å²) in [5, 5.41) is 7.00. The van der Waals surface area contributed by atoms with Crippen LogP contribution in [-0.4, -0.2) is 0 Å². The largest absolute Gasteiger partial charge is 0.143 e. The summed E-state index contributed by atoms with van der Waals surface area (Å²) < 4.78 is 0. The Labute approximate surface area is 177 Å². The standard InChI is InChI=1S/C24H32S3/c1-3-5-7-9-11-19-15-22(26-17-19)21-13-14-25-24(21)23-16-20(18-27-23)12-10-8-6-4-2/h13-18H,3-12H2,1-2H3. The quantitative estimate of drug-likeness (QED) is 0.258. The molecule has 27 heavy (non-hydrogen) atoms. The van der Waals surface area contributed by atoms with Crippen LogP contribution in [0.5, 0.6) is 0 Å². The lowest BCUT2D eigenvalue weighted by atomic mass is 10.1. The molecule has 0 amide bonds. The van der Waals surface area contributed by atoms with Crippen molar-refractivity contribution in [3.8, 4) is 20.2 Å².